The van der Waals surface area contributed by atoms with Crippen molar-refractivity contribution < 1.29 is 19.1 Å². The maximum absolute atomic E-state index is 12.4. The van der Waals surface area contributed by atoms with E-state index in [4.69, 9.17) is 9.47 Å². The van der Waals surface area contributed by atoms with Crippen LogP contribution in [0.15, 0.2) is 66.7 Å². The summed E-state index contributed by atoms with van der Waals surface area (Å²) in [6, 6.07) is 20.2. The van der Waals surface area contributed by atoms with Gasteiger partial charge in [-0.3, -0.25) is 9.59 Å². The Morgan fingerprint density at radius 1 is 0.906 bits per heavy atom. The van der Waals surface area contributed by atoms with Crippen LogP contribution in [-0.4, -0.2) is 34.9 Å². The normalized spacial score (nSPS) is 12.5. The highest BCUT2D eigenvalue weighted by Gasteiger charge is 2.16. The van der Waals surface area contributed by atoms with Gasteiger partial charge in [-0.2, -0.15) is 0 Å². The second-order valence-corrected chi connectivity index (χ2v) is 7.52. The molecule has 0 spiro atoms. The van der Waals surface area contributed by atoms with Crippen molar-refractivity contribution in [3.8, 4) is 22.9 Å². The number of hydrogen-bond donors (Lipinski definition) is 2. The SMILES string of the molecule is O=C(CCC(=O)c1ccccc1)Nc1cccc(-c2nc3cc4c(cc3[nH]2)OCCO4)c1. The fourth-order valence-corrected chi connectivity index (χ4v) is 3.65. The Hall–Kier alpha value is -4.13. The van der Waals surface area contributed by atoms with Crippen LogP contribution < -0.4 is 14.8 Å². The lowest BCUT2D eigenvalue weighted by atomic mass is 10.1. The Bertz CT molecular complexity index is 1250. The lowest BCUT2D eigenvalue weighted by Gasteiger charge is -2.17. The van der Waals surface area contributed by atoms with Crippen LogP contribution in [0.5, 0.6) is 11.5 Å². The number of carbonyl (C=O) groups excluding carboxylic acids is 2. The number of anilines is 1. The third-order valence-corrected chi connectivity index (χ3v) is 5.24. The number of ether oxygens (including phenoxy) is 2. The average molecular weight is 427 g/mol. The summed E-state index contributed by atoms with van der Waals surface area (Å²) < 4.78 is 11.3. The molecule has 1 aliphatic heterocycles. The molecule has 1 amide bonds. The summed E-state index contributed by atoms with van der Waals surface area (Å²) in [5, 5.41) is 2.86. The van der Waals surface area contributed by atoms with Gasteiger partial charge in [-0.15, -0.1) is 0 Å². The van der Waals surface area contributed by atoms with E-state index in [0.29, 0.717) is 41.8 Å². The van der Waals surface area contributed by atoms with E-state index in [-0.39, 0.29) is 24.5 Å². The highest BCUT2D eigenvalue weighted by molar-refractivity contribution is 6.00. The van der Waals surface area contributed by atoms with Crippen LogP contribution >= 0.6 is 0 Å². The highest BCUT2D eigenvalue weighted by atomic mass is 16.6. The van der Waals surface area contributed by atoms with Gasteiger partial charge in [-0.25, -0.2) is 4.98 Å². The van der Waals surface area contributed by atoms with Crippen LogP contribution in [0.2, 0.25) is 0 Å². The van der Waals surface area contributed by atoms with E-state index in [2.05, 4.69) is 15.3 Å². The smallest absolute Gasteiger partial charge is 0.224 e. The van der Waals surface area contributed by atoms with Crippen LogP contribution in [-0.2, 0) is 4.79 Å². The zero-order valence-corrected chi connectivity index (χ0v) is 17.3. The number of aromatic amines is 1. The molecule has 0 radical (unpaired) electrons. The molecule has 2 N–H and O–H groups in total. The first kappa shape index (κ1) is 19.8. The zero-order chi connectivity index (χ0) is 21.9. The third-order valence-electron chi connectivity index (χ3n) is 5.24. The Morgan fingerprint density at radius 2 is 1.69 bits per heavy atom. The van der Waals surface area contributed by atoms with Crippen molar-refractivity contribution in [2.45, 2.75) is 12.8 Å². The first-order valence-electron chi connectivity index (χ1n) is 10.4. The van der Waals surface area contributed by atoms with Crippen LogP contribution in [0.4, 0.5) is 5.69 Å². The first-order chi connectivity index (χ1) is 15.7. The summed E-state index contributed by atoms with van der Waals surface area (Å²) in [5.74, 6) is 1.81. The summed E-state index contributed by atoms with van der Waals surface area (Å²) in [6.07, 6.45) is 0.280. The van der Waals surface area contributed by atoms with Crippen molar-refractivity contribution in [2.24, 2.45) is 0 Å². The molecular formula is C25H21N3O4. The van der Waals surface area contributed by atoms with Gasteiger partial charge in [0.2, 0.25) is 5.91 Å². The summed E-state index contributed by atoms with van der Waals surface area (Å²) in [4.78, 5) is 32.5. The minimum Gasteiger partial charge on any atom is -0.486 e. The molecule has 3 aromatic carbocycles. The Kier molecular flexibility index (Phi) is 5.29. The van der Waals surface area contributed by atoms with Crippen LogP contribution in [0.3, 0.4) is 0 Å². The predicted octanol–water partition coefficient (Wildman–Crippen LogP) is 4.60. The number of carbonyl (C=O) groups is 2. The number of amides is 1. The Morgan fingerprint density at radius 3 is 2.50 bits per heavy atom. The first-order valence-corrected chi connectivity index (χ1v) is 10.4. The monoisotopic (exact) mass is 427 g/mol. The summed E-state index contributed by atoms with van der Waals surface area (Å²) in [5.41, 5.74) is 3.71. The maximum Gasteiger partial charge on any atom is 0.224 e. The van der Waals surface area contributed by atoms with E-state index < -0.39 is 0 Å². The summed E-state index contributed by atoms with van der Waals surface area (Å²) >= 11 is 0. The number of nitrogens with one attached hydrogen (secondary N) is 2. The van der Waals surface area contributed by atoms with E-state index in [9.17, 15) is 9.59 Å². The zero-order valence-electron chi connectivity index (χ0n) is 17.3. The molecule has 32 heavy (non-hydrogen) atoms. The number of H-pyrrole nitrogens is 1. The lowest BCUT2D eigenvalue weighted by molar-refractivity contribution is -0.116. The van der Waals surface area contributed by atoms with Gasteiger partial charge in [0.1, 0.15) is 19.0 Å². The number of fused-ring (bicyclic) bond motifs is 2. The van der Waals surface area contributed by atoms with E-state index in [1.165, 1.54) is 0 Å². The molecule has 0 saturated heterocycles. The molecule has 4 aromatic rings. The van der Waals surface area contributed by atoms with E-state index in [1.807, 2.05) is 54.6 Å². The number of benzene rings is 3. The molecule has 7 nitrogen and oxygen atoms in total. The highest BCUT2D eigenvalue weighted by Crippen LogP contribution is 2.35. The van der Waals surface area contributed by atoms with Gasteiger partial charge in [0.15, 0.2) is 17.3 Å². The molecule has 7 heteroatoms. The van der Waals surface area contributed by atoms with Gasteiger partial charge < -0.3 is 19.8 Å². The third kappa shape index (κ3) is 4.18. The van der Waals surface area contributed by atoms with Gasteiger partial charge in [0.25, 0.3) is 0 Å². The van der Waals surface area contributed by atoms with Gasteiger partial charge in [0, 0.05) is 41.8 Å². The van der Waals surface area contributed by atoms with Crippen molar-refractivity contribution >= 4 is 28.4 Å². The second kappa shape index (κ2) is 8.55. The predicted molar refractivity (Wildman–Crippen MR) is 121 cm³/mol. The topological polar surface area (TPSA) is 93.3 Å². The summed E-state index contributed by atoms with van der Waals surface area (Å²) in [6.45, 7) is 1.05. The molecule has 0 unspecified atom stereocenters. The molecule has 160 valence electrons. The van der Waals surface area contributed by atoms with Crippen molar-refractivity contribution in [3.05, 3.63) is 72.3 Å². The number of aromatic nitrogens is 2. The largest absolute Gasteiger partial charge is 0.486 e. The quantitative estimate of drug-likeness (QED) is 0.439. The number of hydrogen-bond acceptors (Lipinski definition) is 5. The Balaban J connectivity index is 1.28. The van der Waals surface area contributed by atoms with Crippen molar-refractivity contribution in [3.63, 3.8) is 0 Å². The number of nitrogens with zero attached hydrogens (tertiary/aromatic N) is 1. The molecule has 1 aliphatic rings. The van der Waals surface area contributed by atoms with Crippen molar-refractivity contribution in [1.82, 2.24) is 9.97 Å². The van der Waals surface area contributed by atoms with Crippen LogP contribution in [0, 0.1) is 0 Å². The van der Waals surface area contributed by atoms with Gasteiger partial charge in [0.05, 0.1) is 11.0 Å². The second-order valence-electron chi connectivity index (χ2n) is 7.52. The fourth-order valence-electron chi connectivity index (χ4n) is 3.65. The molecule has 2 heterocycles. The minimum absolute atomic E-state index is 0.0487. The molecular weight excluding hydrogens is 406 g/mol. The van der Waals surface area contributed by atoms with E-state index >= 15 is 0 Å². The molecule has 0 bridgehead atoms. The van der Waals surface area contributed by atoms with Gasteiger partial charge in [-0.1, -0.05) is 42.5 Å². The average Bonchev–Trinajstić information content (AvgIpc) is 3.24. The van der Waals surface area contributed by atoms with Crippen molar-refractivity contribution in [1.29, 1.82) is 0 Å². The molecule has 0 atom stereocenters. The van der Waals surface area contributed by atoms with Crippen molar-refractivity contribution in [2.75, 3.05) is 18.5 Å². The number of imidazole rings is 1. The van der Waals surface area contributed by atoms with E-state index in [1.54, 1.807) is 12.1 Å². The molecule has 5 rings (SSSR count). The van der Waals surface area contributed by atoms with Gasteiger partial charge >= 0.3 is 0 Å². The number of ketones is 1. The molecule has 0 aliphatic carbocycles. The maximum atomic E-state index is 12.4. The minimum atomic E-state index is -0.210. The number of Topliss-reactive ketones (excluding diaryl/α,β-unsaturated/α-hetero) is 1. The standard InChI is InChI=1S/C25H21N3O4/c29-21(16-5-2-1-3-6-16)9-10-24(30)26-18-8-4-7-17(13-18)25-27-19-14-22-23(15-20(19)28-25)32-12-11-31-22/h1-8,13-15H,9-12H2,(H,26,30)(H,27,28). The fraction of sp³-hybridized carbons (Fsp3) is 0.160. The lowest BCUT2D eigenvalue weighted by Crippen LogP contribution is -2.15. The van der Waals surface area contributed by atoms with Crippen LogP contribution in [0.1, 0.15) is 23.2 Å². The van der Waals surface area contributed by atoms with Crippen LogP contribution in [0.25, 0.3) is 22.4 Å². The van der Waals surface area contributed by atoms with Gasteiger partial charge in [-0.05, 0) is 12.1 Å². The Labute approximate surface area is 184 Å². The number of rotatable bonds is 6. The molecule has 1 aromatic heterocycles. The molecule has 0 fully saturated rings. The molecule has 0 saturated carbocycles. The summed E-state index contributed by atoms with van der Waals surface area (Å²) in [7, 11) is 0. The van der Waals surface area contributed by atoms with E-state index in [0.717, 1.165) is 16.6 Å².